The number of carbonyl (C=O) groups excluding carboxylic acids is 2. The van der Waals surface area contributed by atoms with Crippen LogP contribution < -0.4 is 15.8 Å². The highest BCUT2D eigenvalue weighted by Gasteiger charge is 2.38. The summed E-state index contributed by atoms with van der Waals surface area (Å²) in [6, 6.07) is 9.41. The number of nitrogens with one attached hydrogen (secondary N) is 1. The number of unbranched alkanes of at least 4 members (excludes halogenated alkanes) is 2. The molecule has 1 aliphatic carbocycles. The van der Waals surface area contributed by atoms with E-state index < -0.39 is 5.54 Å². The van der Waals surface area contributed by atoms with Gasteiger partial charge in [0.05, 0.1) is 0 Å². The van der Waals surface area contributed by atoms with Gasteiger partial charge in [-0.2, -0.15) is 0 Å². The maximum absolute atomic E-state index is 13.4. The average Bonchev–Trinajstić information content (AvgIpc) is 2.93. The van der Waals surface area contributed by atoms with Gasteiger partial charge >= 0.3 is 0 Å². The molecule has 3 N–H and O–H groups in total. The van der Waals surface area contributed by atoms with Crippen molar-refractivity contribution < 1.29 is 14.3 Å². The second kappa shape index (κ2) is 14.2. The summed E-state index contributed by atoms with van der Waals surface area (Å²) in [6.07, 6.45) is 14.1. The topological polar surface area (TPSA) is 84.7 Å². The Balaban J connectivity index is 1.49. The van der Waals surface area contributed by atoms with Gasteiger partial charge in [-0.25, -0.2) is 0 Å². The molecule has 2 aliphatic rings. The molecule has 1 atom stereocenters. The molecule has 1 fully saturated rings. The molecule has 0 radical (unpaired) electrons. The van der Waals surface area contributed by atoms with E-state index in [0.29, 0.717) is 37.7 Å². The summed E-state index contributed by atoms with van der Waals surface area (Å²) < 4.78 is 5.61. The van der Waals surface area contributed by atoms with Gasteiger partial charge in [0.2, 0.25) is 5.91 Å². The van der Waals surface area contributed by atoms with Crippen LogP contribution >= 0.6 is 0 Å². The molecule has 1 aromatic carbocycles. The number of para-hydroxylation sites is 1. The first kappa shape index (κ1) is 28.0. The molecule has 1 saturated heterocycles. The molecule has 198 valence electrons. The third-order valence-corrected chi connectivity index (χ3v) is 7.53. The van der Waals surface area contributed by atoms with Crippen LogP contribution in [-0.4, -0.2) is 48.5 Å². The highest BCUT2D eigenvalue weighted by molar-refractivity contribution is 5.90. The minimum absolute atomic E-state index is 0.0121. The van der Waals surface area contributed by atoms with Crippen molar-refractivity contribution in [2.24, 2.45) is 11.7 Å². The van der Waals surface area contributed by atoms with E-state index in [1.165, 1.54) is 5.57 Å². The molecule has 1 aliphatic heterocycles. The first-order chi connectivity index (χ1) is 17.5. The number of likely N-dealkylation sites (tertiary alicyclic amines) is 1. The fourth-order valence-corrected chi connectivity index (χ4v) is 5.08. The summed E-state index contributed by atoms with van der Waals surface area (Å²) >= 11 is 0. The van der Waals surface area contributed by atoms with E-state index >= 15 is 0 Å². The third kappa shape index (κ3) is 7.95. The van der Waals surface area contributed by atoms with E-state index in [9.17, 15) is 9.59 Å². The average molecular weight is 496 g/mol. The fourth-order valence-electron chi connectivity index (χ4n) is 5.08. The summed E-state index contributed by atoms with van der Waals surface area (Å²) in [7, 11) is 0. The van der Waals surface area contributed by atoms with Crippen molar-refractivity contribution in [1.82, 2.24) is 10.2 Å². The monoisotopic (exact) mass is 495 g/mol. The summed E-state index contributed by atoms with van der Waals surface area (Å²) in [6.45, 7) is 6.39. The van der Waals surface area contributed by atoms with E-state index in [4.69, 9.17) is 10.5 Å². The van der Waals surface area contributed by atoms with Crippen LogP contribution in [0.4, 0.5) is 0 Å². The molecular weight excluding hydrogens is 450 g/mol. The number of allylic oxidation sites excluding steroid dienone is 3. The van der Waals surface area contributed by atoms with Gasteiger partial charge in [-0.1, -0.05) is 69.0 Å². The largest absolute Gasteiger partial charge is 0.484 e. The number of benzene rings is 1. The van der Waals surface area contributed by atoms with Crippen LogP contribution in [0.25, 0.3) is 0 Å². The van der Waals surface area contributed by atoms with Crippen molar-refractivity contribution in [2.75, 3.05) is 26.2 Å². The summed E-state index contributed by atoms with van der Waals surface area (Å²) in [5, 5.41) is 3.20. The van der Waals surface area contributed by atoms with E-state index in [0.717, 1.165) is 63.4 Å². The van der Waals surface area contributed by atoms with E-state index in [2.05, 4.69) is 31.3 Å². The first-order valence-electron chi connectivity index (χ1n) is 13.9. The van der Waals surface area contributed by atoms with Crippen molar-refractivity contribution in [3.8, 4) is 5.75 Å². The molecule has 6 nitrogen and oxygen atoms in total. The molecule has 3 rings (SSSR count). The number of piperidine rings is 1. The van der Waals surface area contributed by atoms with Gasteiger partial charge in [0.1, 0.15) is 11.3 Å². The second-order valence-electron chi connectivity index (χ2n) is 10.3. The maximum atomic E-state index is 13.4. The zero-order chi connectivity index (χ0) is 25.8. The van der Waals surface area contributed by atoms with Gasteiger partial charge in [-0.05, 0) is 68.6 Å². The van der Waals surface area contributed by atoms with E-state index in [-0.39, 0.29) is 18.4 Å². The lowest BCUT2D eigenvalue weighted by atomic mass is 9.78. The minimum Gasteiger partial charge on any atom is -0.484 e. The second-order valence-corrected chi connectivity index (χ2v) is 10.3. The lowest BCUT2D eigenvalue weighted by Gasteiger charge is -2.35. The molecule has 0 saturated carbocycles. The summed E-state index contributed by atoms with van der Waals surface area (Å²) in [5.41, 5.74) is 8.35. The van der Waals surface area contributed by atoms with Crippen molar-refractivity contribution in [2.45, 2.75) is 83.6 Å². The molecule has 6 heteroatoms. The quantitative estimate of drug-likeness (QED) is 0.397. The zero-order valence-electron chi connectivity index (χ0n) is 22.3. The predicted octanol–water partition coefficient (Wildman–Crippen LogP) is 5.14. The molecule has 0 bridgehead atoms. The maximum Gasteiger partial charge on any atom is 0.260 e. The van der Waals surface area contributed by atoms with Crippen molar-refractivity contribution in [3.05, 3.63) is 53.6 Å². The molecule has 1 aromatic rings. The molecule has 1 heterocycles. The first-order valence-corrected chi connectivity index (χ1v) is 13.9. The van der Waals surface area contributed by atoms with Gasteiger partial charge in [-0.15, -0.1) is 0 Å². The Morgan fingerprint density at radius 2 is 1.83 bits per heavy atom. The molecule has 1 unspecified atom stereocenters. The van der Waals surface area contributed by atoms with Gasteiger partial charge in [0.15, 0.2) is 6.61 Å². The van der Waals surface area contributed by atoms with Gasteiger partial charge in [0.25, 0.3) is 5.91 Å². The van der Waals surface area contributed by atoms with Crippen LogP contribution in [0.1, 0.15) is 78.1 Å². The SMILES string of the molecule is CCCCC1=CCCC(C(N)(CCCC)C(=O)NCC2CCN(C(=O)COc3ccccc3)CC2)=C1. The number of ether oxygens (including phenoxy) is 1. The number of hydrogen-bond acceptors (Lipinski definition) is 4. The molecule has 36 heavy (non-hydrogen) atoms. The van der Waals surface area contributed by atoms with Crippen molar-refractivity contribution in [1.29, 1.82) is 0 Å². The van der Waals surface area contributed by atoms with Crippen LogP contribution in [0, 0.1) is 5.92 Å². The number of nitrogens with two attached hydrogens (primary N) is 1. The number of hydrogen-bond donors (Lipinski definition) is 2. The number of rotatable bonds is 13. The van der Waals surface area contributed by atoms with Gasteiger partial charge in [0, 0.05) is 19.6 Å². The van der Waals surface area contributed by atoms with Crippen LogP contribution in [0.15, 0.2) is 53.6 Å². The summed E-state index contributed by atoms with van der Waals surface area (Å²) in [5.74, 6) is 1.02. The van der Waals surface area contributed by atoms with Gasteiger partial charge < -0.3 is 20.7 Å². The van der Waals surface area contributed by atoms with Crippen LogP contribution in [-0.2, 0) is 9.59 Å². The molecule has 2 amide bonds. The Morgan fingerprint density at radius 1 is 1.11 bits per heavy atom. The Hall–Kier alpha value is -2.60. The van der Waals surface area contributed by atoms with Gasteiger partial charge in [-0.3, -0.25) is 9.59 Å². The van der Waals surface area contributed by atoms with Crippen LogP contribution in [0.5, 0.6) is 5.75 Å². The Bertz CT molecular complexity index is 903. The lowest BCUT2D eigenvalue weighted by molar-refractivity contribution is -0.135. The third-order valence-electron chi connectivity index (χ3n) is 7.53. The van der Waals surface area contributed by atoms with Crippen LogP contribution in [0.2, 0.25) is 0 Å². The summed E-state index contributed by atoms with van der Waals surface area (Å²) in [4.78, 5) is 27.9. The number of carbonyl (C=O) groups is 2. The lowest BCUT2D eigenvalue weighted by Crippen LogP contribution is -2.56. The molecule has 0 aromatic heterocycles. The highest BCUT2D eigenvalue weighted by Crippen LogP contribution is 2.31. The zero-order valence-corrected chi connectivity index (χ0v) is 22.3. The predicted molar refractivity (Wildman–Crippen MR) is 146 cm³/mol. The standard InChI is InChI=1S/C30H45N3O3/c1-3-5-11-24-12-10-13-26(21-24)30(31,18-6-4-2)29(35)32-22-25-16-19-33(20-17-25)28(34)23-36-27-14-8-7-9-15-27/h7-9,12,14-15,21,25H,3-6,10-11,13,16-20,22-23,31H2,1-2H3,(H,32,35). The fraction of sp³-hybridized carbons (Fsp3) is 0.600. The number of amides is 2. The normalized spacial score (nSPS) is 18.1. The smallest absolute Gasteiger partial charge is 0.260 e. The Kier molecular flexibility index (Phi) is 11.1. The molecule has 0 spiro atoms. The van der Waals surface area contributed by atoms with E-state index in [1.807, 2.05) is 35.2 Å². The van der Waals surface area contributed by atoms with Crippen molar-refractivity contribution >= 4 is 11.8 Å². The molecular formula is C30H45N3O3. The van der Waals surface area contributed by atoms with Crippen molar-refractivity contribution in [3.63, 3.8) is 0 Å². The van der Waals surface area contributed by atoms with E-state index in [1.54, 1.807) is 0 Å². The van der Waals surface area contributed by atoms with Crippen LogP contribution in [0.3, 0.4) is 0 Å². The highest BCUT2D eigenvalue weighted by atomic mass is 16.5. The minimum atomic E-state index is -0.937. The Morgan fingerprint density at radius 3 is 2.53 bits per heavy atom. The Labute approximate surface area is 217 Å². The number of nitrogens with zero attached hydrogens (tertiary/aromatic N) is 1.